The highest BCUT2D eigenvalue weighted by Crippen LogP contribution is 2.22. The number of nitrogens with one attached hydrogen (secondary N) is 1. The van der Waals surface area contributed by atoms with Crippen LogP contribution in [0.3, 0.4) is 0 Å². The van der Waals surface area contributed by atoms with E-state index in [0.717, 1.165) is 15.7 Å². The molecule has 20 heavy (non-hydrogen) atoms. The lowest BCUT2D eigenvalue weighted by Crippen LogP contribution is -2.29. The number of nitrogens with zero attached hydrogens (tertiary/aromatic N) is 3. The average molecular weight is 335 g/mol. The fourth-order valence-electron chi connectivity index (χ4n) is 2.13. The fourth-order valence-corrected chi connectivity index (χ4v) is 2.55. The Kier molecular flexibility index (Phi) is 3.82. The van der Waals surface area contributed by atoms with Crippen molar-refractivity contribution >= 4 is 21.6 Å². The van der Waals surface area contributed by atoms with Crippen molar-refractivity contribution < 1.29 is 0 Å². The van der Waals surface area contributed by atoms with Crippen molar-refractivity contribution in [2.24, 2.45) is 0 Å². The van der Waals surface area contributed by atoms with Crippen LogP contribution in [-0.4, -0.2) is 20.8 Å². The van der Waals surface area contributed by atoms with Crippen LogP contribution >= 0.6 is 15.9 Å². The lowest BCUT2D eigenvalue weighted by Gasteiger charge is -2.27. The molecule has 1 aliphatic carbocycles. The molecule has 1 saturated carbocycles. The molecule has 0 spiro atoms. The van der Waals surface area contributed by atoms with Gasteiger partial charge in [-0.25, -0.2) is 4.68 Å². The molecule has 3 rings (SSSR count). The molecule has 0 saturated heterocycles. The molecule has 0 unspecified atom stereocenters. The van der Waals surface area contributed by atoms with Gasteiger partial charge in [0.05, 0.1) is 18.4 Å². The molecule has 0 radical (unpaired) electrons. The Labute approximate surface area is 125 Å². The van der Waals surface area contributed by atoms with Crippen LogP contribution in [0.4, 0.5) is 5.69 Å². The first-order chi connectivity index (χ1) is 9.70. The van der Waals surface area contributed by atoms with Crippen LogP contribution in [0.2, 0.25) is 0 Å². The van der Waals surface area contributed by atoms with E-state index in [4.69, 9.17) is 0 Å². The van der Waals surface area contributed by atoms with E-state index in [0.29, 0.717) is 12.6 Å². The van der Waals surface area contributed by atoms with Gasteiger partial charge in [-0.1, -0.05) is 0 Å². The maximum absolute atomic E-state index is 12.0. The molecule has 0 amide bonds. The summed E-state index contributed by atoms with van der Waals surface area (Å²) in [5, 5.41) is 7.54. The van der Waals surface area contributed by atoms with Crippen LogP contribution in [0.1, 0.15) is 24.8 Å². The van der Waals surface area contributed by atoms with E-state index in [1.165, 1.54) is 23.9 Å². The van der Waals surface area contributed by atoms with Gasteiger partial charge < -0.3 is 5.32 Å². The zero-order chi connectivity index (χ0) is 13.9. The van der Waals surface area contributed by atoms with Gasteiger partial charge in [0.1, 0.15) is 0 Å². The topological polar surface area (TPSA) is 59.8 Å². The maximum atomic E-state index is 12.0. The largest absolute Gasteiger partial charge is 0.381 e. The Morgan fingerprint density at radius 3 is 2.80 bits per heavy atom. The van der Waals surface area contributed by atoms with Crippen molar-refractivity contribution in [2.45, 2.75) is 31.8 Å². The zero-order valence-electron chi connectivity index (χ0n) is 10.9. The lowest BCUT2D eigenvalue weighted by atomic mass is 9.93. The SMILES string of the molecule is O=c1cc(NC2CCC2)cnn1Cc1cncc(Br)c1. The van der Waals surface area contributed by atoms with E-state index in [1.807, 2.05) is 6.07 Å². The monoisotopic (exact) mass is 334 g/mol. The minimum atomic E-state index is -0.103. The summed E-state index contributed by atoms with van der Waals surface area (Å²) in [6.07, 6.45) is 8.77. The third-order valence-corrected chi connectivity index (χ3v) is 3.87. The fraction of sp³-hybridized carbons (Fsp3) is 0.357. The van der Waals surface area contributed by atoms with E-state index in [1.54, 1.807) is 24.7 Å². The smallest absolute Gasteiger partial charge is 0.269 e. The molecule has 0 aromatic carbocycles. The van der Waals surface area contributed by atoms with E-state index in [9.17, 15) is 4.79 Å². The predicted molar refractivity (Wildman–Crippen MR) is 80.8 cm³/mol. The van der Waals surface area contributed by atoms with Crippen LogP contribution in [-0.2, 0) is 6.54 Å². The first-order valence-electron chi connectivity index (χ1n) is 6.64. The Balaban J connectivity index is 1.75. The van der Waals surface area contributed by atoms with Crippen molar-refractivity contribution in [1.82, 2.24) is 14.8 Å². The maximum Gasteiger partial charge on any atom is 0.269 e. The van der Waals surface area contributed by atoms with Crippen LogP contribution in [0.5, 0.6) is 0 Å². The molecule has 5 nitrogen and oxygen atoms in total. The Morgan fingerprint density at radius 1 is 1.30 bits per heavy atom. The first-order valence-corrected chi connectivity index (χ1v) is 7.43. The quantitative estimate of drug-likeness (QED) is 0.932. The third-order valence-electron chi connectivity index (χ3n) is 3.44. The highest BCUT2D eigenvalue weighted by molar-refractivity contribution is 9.10. The van der Waals surface area contributed by atoms with E-state index in [2.05, 4.69) is 31.3 Å². The van der Waals surface area contributed by atoms with Crippen LogP contribution < -0.4 is 10.9 Å². The highest BCUT2D eigenvalue weighted by atomic mass is 79.9. The van der Waals surface area contributed by atoms with Crippen molar-refractivity contribution in [1.29, 1.82) is 0 Å². The molecule has 2 heterocycles. The molecule has 2 aromatic rings. The number of halogens is 1. The van der Waals surface area contributed by atoms with Gasteiger partial charge in [0.15, 0.2) is 0 Å². The summed E-state index contributed by atoms with van der Waals surface area (Å²) < 4.78 is 2.33. The summed E-state index contributed by atoms with van der Waals surface area (Å²) in [5.74, 6) is 0. The summed E-state index contributed by atoms with van der Waals surface area (Å²) in [7, 11) is 0. The standard InChI is InChI=1S/C14H15BrN4O/c15-11-4-10(6-16-7-11)9-19-14(20)5-13(8-17-19)18-12-2-1-3-12/h4-8,12,18H,1-3,9H2. The normalized spacial score (nSPS) is 14.8. The molecular weight excluding hydrogens is 320 g/mol. The summed E-state index contributed by atoms with van der Waals surface area (Å²) >= 11 is 3.37. The van der Waals surface area contributed by atoms with E-state index >= 15 is 0 Å². The van der Waals surface area contributed by atoms with Crippen molar-refractivity contribution in [3.63, 3.8) is 0 Å². The van der Waals surface area contributed by atoms with Gasteiger partial charge in [-0.2, -0.15) is 5.10 Å². The zero-order valence-corrected chi connectivity index (χ0v) is 12.5. The van der Waals surface area contributed by atoms with Crippen LogP contribution in [0.25, 0.3) is 0 Å². The summed E-state index contributed by atoms with van der Waals surface area (Å²) in [4.78, 5) is 16.1. The van der Waals surface area contributed by atoms with Gasteiger partial charge in [-0.3, -0.25) is 9.78 Å². The molecular formula is C14H15BrN4O. The minimum Gasteiger partial charge on any atom is -0.381 e. The van der Waals surface area contributed by atoms with Crippen molar-refractivity contribution in [3.8, 4) is 0 Å². The summed E-state index contributed by atoms with van der Waals surface area (Å²) in [6.45, 7) is 0.426. The number of hydrogen-bond donors (Lipinski definition) is 1. The Bertz CT molecular complexity index is 666. The molecule has 0 atom stereocenters. The molecule has 1 fully saturated rings. The molecule has 1 aliphatic rings. The van der Waals surface area contributed by atoms with Crippen molar-refractivity contribution in [3.05, 3.63) is 51.1 Å². The third kappa shape index (κ3) is 3.07. The molecule has 0 aliphatic heterocycles. The van der Waals surface area contributed by atoms with Gasteiger partial charge in [-0.15, -0.1) is 0 Å². The van der Waals surface area contributed by atoms with Crippen LogP contribution in [0, 0.1) is 0 Å². The number of aromatic nitrogens is 3. The number of anilines is 1. The highest BCUT2D eigenvalue weighted by Gasteiger charge is 2.17. The first kappa shape index (κ1) is 13.3. The van der Waals surface area contributed by atoms with Gasteiger partial charge in [-0.05, 0) is 46.8 Å². The van der Waals surface area contributed by atoms with Crippen LogP contribution in [0.15, 0.2) is 40.0 Å². The minimum absolute atomic E-state index is 0.103. The van der Waals surface area contributed by atoms with Gasteiger partial charge >= 0.3 is 0 Å². The molecule has 1 N–H and O–H groups in total. The predicted octanol–water partition coefficient (Wildman–Crippen LogP) is 2.41. The van der Waals surface area contributed by atoms with Gasteiger partial charge in [0, 0.05) is 29.0 Å². The van der Waals surface area contributed by atoms with Gasteiger partial charge in [0.25, 0.3) is 5.56 Å². The molecule has 2 aromatic heterocycles. The molecule has 0 bridgehead atoms. The summed E-state index contributed by atoms with van der Waals surface area (Å²) in [6, 6.07) is 4.04. The summed E-state index contributed by atoms with van der Waals surface area (Å²) in [5.41, 5.74) is 1.64. The average Bonchev–Trinajstić information content (AvgIpc) is 2.37. The Morgan fingerprint density at radius 2 is 2.15 bits per heavy atom. The molecule has 6 heteroatoms. The molecule has 104 valence electrons. The number of pyridine rings is 1. The Hall–Kier alpha value is -1.69. The van der Waals surface area contributed by atoms with E-state index < -0.39 is 0 Å². The van der Waals surface area contributed by atoms with E-state index in [-0.39, 0.29) is 5.56 Å². The van der Waals surface area contributed by atoms with Crippen molar-refractivity contribution in [2.75, 3.05) is 5.32 Å². The second-order valence-electron chi connectivity index (χ2n) is 5.02. The number of rotatable bonds is 4. The number of hydrogen-bond acceptors (Lipinski definition) is 4. The second kappa shape index (κ2) is 5.75. The second-order valence-corrected chi connectivity index (χ2v) is 5.94. The van der Waals surface area contributed by atoms with Gasteiger partial charge in [0.2, 0.25) is 0 Å². The lowest BCUT2D eigenvalue weighted by molar-refractivity contribution is 0.445.